The molecule has 0 unspecified atom stereocenters. The van der Waals surface area contributed by atoms with Crippen LogP contribution in [0.4, 0.5) is 0 Å². The maximum absolute atomic E-state index is 3.41. The molecule has 1 fully saturated rings. The third-order valence-corrected chi connectivity index (χ3v) is 3.17. The van der Waals surface area contributed by atoms with Gasteiger partial charge in [0.1, 0.15) is 0 Å². The lowest BCUT2D eigenvalue weighted by Gasteiger charge is -2.23. The first-order valence-corrected chi connectivity index (χ1v) is 5.84. The average molecular weight is 204 g/mol. The van der Waals surface area contributed by atoms with E-state index in [-0.39, 0.29) is 0 Å². The van der Waals surface area contributed by atoms with E-state index in [0.717, 1.165) is 12.5 Å². The summed E-state index contributed by atoms with van der Waals surface area (Å²) in [4.78, 5) is 0. The van der Waals surface area contributed by atoms with Crippen molar-refractivity contribution in [3.8, 4) is 0 Å². The molecular formula is C13H20N2. The zero-order chi connectivity index (χ0) is 10.5. The van der Waals surface area contributed by atoms with E-state index in [1.807, 2.05) is 7.05 Å². The molecule has 1 saturated heterocycles. The quantitative estimate of drug-likeness (QED) is 0.785. The van der Waals surface area contributed by atoms with Crippen molar-refractivity contribution in [1.29, 1.82) is 0 Å². The largest absolute Gasteiger partial charge is 0.317 e. The molecule has 0 spiro atoms. The highest BCUT2D eigenvalue weighted by Crippen LogP contribution is 2.25. The molecule has 2 N–H and O–H groups in total. The van der Waals surface area contributed by atoms with Crippen LogP contribution in [-0.2, 0) is 6.54 Å². The SMILES string of the molecule is CNCc1ccc(C2CCNCC2)cc1. The first kappa shape index (κ1) is 10.7. The van der Waals surface area contributed by atoms with E-state index in [1.165, 1.54) is 37.1 Å². The van der Waals surface area contributed by atoms with Gasteiger partial charge in [-0.15, -0.1) is 0 Å². The van der Waals surface area contributed by atoms with Crippen LogP contribution in [0.15, 0.2) is 24.3 Å². The van der Waals surface area contributed by atoms with Crippen LogP contribution in [0.5, 0.6) is 0 Å². The lowest BCUT2D eigenvalue weighted by Crippen LogP contribution is -2.26. The first-order chi connectivity index (χ1) is 7.40. The molecule has 0 aromatic heterocycles. The highest BCUT2D eigenvalue weighted by atomic mass is 14.9. The van der Waals surface area contributed by atoms with Gasteiger partial charge in [0.15, 0.2) is 0 Å². The summed E-state index contributed by atoms with van der Waals surface area (Å²) in [5.41, 5.74) is 2.88. The zero-order valence-corrected chi connectivity index (χ0v) is 9.42. The van der Waals surface area contributed by atoms with Gasteiger partial charge in [-0.2, -0.15) is 0 Å². The second-order valence-electron chi connectivity index (χ2n) is 4.30. The Labute approximate surface area is 92.1 Å². The monoisotopic (exact) mass is 204 g/mol. The zero-order valence-electron chi connectivity index (χ0n) is 9.42. The van der Waals surface area contributed by atoms with Crippen LogP contribution in [0.3, 0.4) is 0 Å². The molecule has 2 rings (SSSR count). The standard InChI is InChI=1S/C13H20N2/c1-14-10-11-2-4-12(5-3-11)13-6-8-15-9-7-13/h2-5,13-15H,6-10H2,1H3. The van der Waals surface area contributed by atoms with Crippen LogP contribution in [0.1, 0.15) is 29.9 Å². The molecule has 0 amide bonds. The normalized spacial score (nSPS) is 17.9. The predicted octanol–water partition coefficient (Wildman–Crippen LogP) is 1.87. The molecule has 1 aromatic rings. The summed E-state index contributed by atoms with van der Waals surface area (Å²) in [7, 11) is 1.99. The molecular weight excluding hydrogens is 184 g/mol. The van der Waals surface area contributed by atoms with E-state index in [2.05, 4.69) is 34.9 Å². The van der Waals surface area contributed by atoms with E-state index in [9.17, 15) is 0 Å². The summed E-state index contributed by atoms with van der Waals surface area (Å²) < 4.78 is 0. The molecule has 2 heteroatoms. The molecule has 1 aromatic carbocycles. The minimum absolute atomic E-state index is 0.773. The third kappa shape index (κ3) is 2.80. The molecule has 15 heavy (non-hydrogen) atoms. The van der Waals surface area contributed by atoms with Crippen molar-refractivity contribution >= 4 is 0 Å². The van der Waals surface area contributed by atoms with Gasteiger partial charge in [-0.05, 0) is 50.0 Å². The molecule has 0 aliphatic carbocycles. The van der Waals surface area contributed by atoms with E-state index < -0.39 is 0 Å². The summed E-state index contributed by atoms with van der Waals surface area (Å²) >= 11 is 0. The average Bonchev–Trinajstić information content (AvgIpc) is 2.32. The molecule has 1 aliphatic rings. The number of hydrogen-bond acceptors (Lipinski definition) is 2. The van der Waals surface area contributed by atoms with Crippen molar-refractivity contribution in [2.75, 3.05) is 20.1 Å². The van der Waals surface area contributed by atoms with Crippen molar-refractivity contribution in [3.63, 3.8) is 0 Å². The number of benzene rings is 1. The fourth-order valence-electron chi connectivity index (χ4n) is 2.27. The molecule has 0 saturated carbocycles. The van der Waals surface area contributed by atoms with Gasteiger partial charge >= 0.3 is 0 Å². The van der Waals surface area contributed by atoms with Crippen LogP contribution >= 0.6 is 0 Å². The Morgan fingerprint density at radius 3 is 2.47 bits per heavy atom. The van der Waals surface area contributed by atoms with Gasteiger partial charge in [-0.3, -0.25) is 0 Å². The summed E-state index contributed by atoms with van der Waals surface area (Å²) in [5, 5.41) is 6.58. The summed E-state index contributed by atoms with van der Waals surface area (Å²) in [6.07, 6.45) is 2.57. The van der Waals surface area contributed by atoms with Gasteiger partial charge in [0, 0.05) is 6.54 Å². The van der Waals surface area contributed by atoms with E-state index >= 15 is 0 Å². The maximum Gasteiger partial charge on any atom is 0.0202 e. The van der Waals surface area contributed by atoms with Crippen molar-refractivity contribution in [3.05, 3.63) is 35.4 Å². The molecule has 2 nitrogen and oxygen atoms in total. The van der Waals surface area contributed by atoms with Gasteiger partial charge in [0.2, 0.25) is 0 Å². The van der Waals surface area contributed by atoms with Gasteiger partial charge in [0.05, 0.1) is 0 Å². The summed E-state index contributed by atoms with van der Waals surface area (Å²) in [6.45, 7) is 3.30. The van der Waals surface area contributed by atoms with Crippen molar-refractivity contribution < 1.29 is 0 Å². The molecule has 82 valence electrons. The van der Waals surface area contributed by atoms with Crippen LogP contribution < -0.4 is 10.6 Å². The van der Waals surface area contributed by atoms with Gasteiger partial charge in [-0.1, -0.05) is 24.3 Å². The van der Waals surface area contributed by atoms with E-state index in [1.54, 1.807) is 0 Å². The number of piperidine rings is 1. The Balaban J connectivity index is 2.02. The topological polar surface area (TPSA) is 24.1 Å². The van der Waals surface area contributed by atoms with Crippen LogP contribution in [-0.4, -0.2) is 20.1 Å². The smallest absolute Gasteiger partial charge is 0.0202 e. The highest BCUT2D eigenvalue weighted by molar-refractivity contribution is 5.25. The molecule has 1 aliphatic heterocycles. The fraction of sp³-hybridized carbons (Fsp3) is 0.538. The molecule has 0 radical (unpaired) electrons. The first-order valence-electron chi connectivity index (χ1n) is 5.84. The lowest BCUT2D eigenvalue weighted by atomic mass is 9.90. The Hall–Kier alpha value is -0.860. The number of rotatable bonds is 3. The predicted molar refractivity (Wildman–Crippen MR) is 64.1 cm³/mol. The van der Waals surface area contributed by atoms with Crippen molar-refractivity contribution in [2.45, 2.75) is 25.3 Å². The second-order valence-corrected chi connectivity index (χ2v) is 4.30. The fourth-order valence-corrected chi connectivity index (χ4v) is 2.27. The lowest BCUT2D eigenvalue weighted by molar-refractivity contribution is 0.460. The van der Waals surface area contributed by atoms with Gasteiger partial charge in [-0.25, -0.2) is 0 Å². The van der Waals surface area contributed by atoms with Crippen LogP contribution in [0.25, 0.3) is 0 Å². The van der Waals surface area contributed by atoms with Crippen LogP contribution in [0.2, 0.25) is 0 Å². The molecule has 0 bridgehead atoms. The van der Waals surface area contributed by atoms with Crippen LogP contribution in [0, 0.1) is 0 Å². The van der Waals surface area contributed by atoms with Gasteiger partial charge in [0.25, 0.3) is 0 Å². The molecule has 1 heterocycles. The maximum atomic E-state index is 3.41. The Morgan fingerprint density at radius 1 is 1.20 bits per heavy atom. The minimum Gasteiger partial charge on any atom is -0.317 e. The number of hydrogen-bond donors (Lipinski definition) is 2. The highest BCUT2D eigenvalue weighted by Gasteiger charge is 2.14. The third-order valence-electron chi connectivity index (χ3n) is 3.17. The van der Waals surface area contributed by atoms with Crippen molar-refractivity contribution in [1.82, 2.24) is 10.6 Å². The molecule has 0 atom stereocenters. The summed E-state index contributed by atoms with van der Waals surface area (Å²) in [5.74, 6) is 0.773. The Morgan fingerprint density at radius 2 is 1.87 bits per heavy atom. The van der Waals surface area contributed by atoms with Gasteiger partial charge < -0.3 is 10.6 Å². The Bertz CT molecular complexity index is 286. The van der Waals surface area contributed by atoms with Crippen molar-refractivity contribution in [2.24, 2.45) is 0 Å². The van der Waals surface area contributed by atoms with E-state index in [0.29, 0.717) is 0 Å². The Kier molecular flexibility index (Phi) is 3.75. The minimum atomic E-state index is 0.773. The second kappa shape index (κ2) is 5.29. The number of nitrogens with one attached hydrogen (secondary N) is 2. The summed E-state index contributed by atoms with van der Waals surface area (Å²) in [6, 6.07) is 9.08. The van der Waals surface area contributed by atoms with E-state index in [4.69, 9.17) is 0 Å².